The molecule has 2 heterocycles. The quantitative estimate of drug-likeness (QED) is 0.285. The number of hydrogen-bond acceptors (Lipinski definition) is 6. The van der Waals surface area contributed by atoms with Crippen molar-refractivity contribution in [3.63, 3.8) is 0 Å². The summed E-state index contributed by atoms with van der Waals surface area (Å²) in [5, 5.41) is 17.3. The number of hydrogen-bond donors (Lipinski definition) is 1. The summed E-state index contributed by atoms with van der Waals surface area (Å²) >= 11 is 0. The van der Waals surface area contributed by atoms with E-state index in [4.69, 9.17) is 9.05 Å². The van der Waals surface area contributed by atoms with Crippen LogP contribution in [0, 0.1) is 18.2 Å². The Labute approximate surface area is 218 Å². The van der Waals surface area contributed by atoms with Gasteiger partial charge >= 0.3 is 11.9 Å². The number of carboxylic acids is 1. The molecule has 0 saturated heterocycles. The number of aromatic nitrogens is 2. The van der Waals surface area contributed by atoms with Crippen molar-refractivity contribution in [2.45, 2.75) is 84.0 Å². The van der Waals surface area contributed by atoms with Crippen molar-refractivity contribution in [3.05, 3.63) is 58.2 Å². The molecule has 1 saturated carbocycles. The molecule has 1 aromatic carbocycles. The highest BCUT2D eigenvalue weighted by molar-refractivity contribution is 5.82. The minimum Gasteiger partial charge on any atom is -0.481 e. The lowest BCUT2D eigenvalue weighted by atomic mass is 9.86. The van der Waals surface area contributed by atoms with E-state index >= 15 is 0 Å². The van der Waals surface area contributed by atoms with Gasteiger partial charge in [0.2, 0.25) is 5.76 Å². The van der Waals surface area contributed by atoms with Gasteiger partial charge in [-0.15, -0.1) is 0 Å². The van der Waals surface area contributed by atoms with Crippen LogP contribution in [0.2, 0.25) is 0 Å². The van der Waals surface area contributed by atoms with Crippen molar-refractivity contribution >= 4 is 11.8 Å². The number of rotatable bonds is 11. The number of carboxylic acid groups (broad SMARTS) is 1. The molecule has 1 fully saturated rings. The summed E-state index contributed by atoms with van der Waals surface area (Å²) in [5.41, 5.74) is 0.695. The number of nitrogens with zero attached hydrogens (tertiary/aromatic N) is 2. The Morgan fingerprint density at radius 1 is 1.13 bits per heavy atom. The second-order valence-electron chi connectivity index (χ2n) is 11.1. The first-order valence-electron chi connectivity index (χ1n) is 12.6. The largest absolute Gasteiger partial charge is 0.481 e. The van der Waals surface area contributed by atoms with E-state index in [2.05, 4.69) is 10.3 Å². The maximum absolute atomic E-state index is 14.8. The summed E-state index contributed by atoms with van der Waals surface area (Å²) in [4.78, 5) is 24.3. The van der Waals surface area contributed by atoms with Gasteiger partial charge in [0.25, 0.3) is 0 Å². The van der Waals surface area contributed by atoms with Gasteiger partial charge in [-0.2, -0.15) is 8.78 Å². The van der Waals surface area contributed by atoms with Crippen LogP contribution in [0.15, 0.2) is 33.3 Å². The van der Waals surface area contributed by atoms with Crippen molar-refractivity contribution in [2.75, 3.05) is 0 Å². The molecule has 7 nitrogen and oxygen atoms in total. The van der Waals surface area contributed by atoms with Crippen molar-refractivity contribution in [2.24, 2.45) is 5.41 Å². The normalized spacial score (nSPS) is 15.0. The number of carbonyl (C=O) groups is 2. The van der Waals surface area contributed by atoms with Crippen LogP contribution in [0.4, 0.5) is 13.2 Å². The molecule has 0 amide bonds. The van der Waals surface area contributed by atoms with E-state index in [0.29, 0.717) is 11.3 Å². The van der Waals surface area contributed by atoms with Gasteiger partial charge in [-0.1, -0.05) is 43.2 Å². The number of ketones is 1. The van der Waals surface area contributed by atoms with Gasteiger partial charge in [0.15, 0.2) is 11.5 Å². The fourth-order valence-corrected chi connectivity index (χ4v) is 4.44. The van der Waals surface area contributed by atoms with Crippen LogP contribution >= 0.6 is 0 Å². The molecule has 1 aliphatic rings. The molecule has 0 spiro atoms. The van der Waals surface area contributed by atoms with E-state index in [9.17, 15) is 27.9 Å². The molecule has 38 heavy (non-hydrogen) atoms. The zero-order valence-electron chi connectivity index (χ0n) is 21.8. The summed E-state index contributed by atoms with van der Waals surface area (Å²) in [6, 6.07) is 5.78. The zero-order valence-corrected chi connectivity index (χ0v) is 21.8. The first kappa shape index (κ1) is 27.6. The fourth-order valence-electron chi connectivity index (χ4n) is 4.44. The first-order chi connectivity index (χ1) is 17.8. The van der Waals surface area contributed by atoms with Crippen molar-refractivity contribution in [1.29, 1.82) is 0 Å². The van der Waals surface area contributed by atoms with E-state index in [1.807, 2.05) is 0 Å². The van der Waals surface area contributed by atoms with Crippen LogP contribution < -0.4 is 0 Å². The van der Waals surface area contributed by atoms with Crippen LogP contribution in [0.3, 0.4) is 0 Å². The third-order valence-corrected chi connectivity index (χ3v) is 6.90. The molecule has 1 aliphatic carbocycles. The summed E-state index contributed by atoms with van der Waals surface area (Å²) in [7, 11) is 0. The monoisotopic (exact) mass is 532 g/mol. The summed E-state index contributed by atoms with van der Waals surface area (Å²) in [6.07, 6.45) is 1.28. The average molecular weight is 533 g/mol. The summed E-state index contributed by atoms with van der Waals surface area (Å²) in [5.74, 6) is -6.08. The lowest BCUT2D eigenvalue weighted by Crippen LogP contribution is -2.30. The second kappa shape index (κ2) is 10.4. The molecule has 10 heteroatoms. The highest BCUT2D eigenvalue weighted by Gasteiger charge is 2.49. The van der Waals surface area contributed by atoms with Crippen LogP contribution in [0.5, 0.6) is 0 Å². The highest BCUT2D eigenvalue weighted by atomic mass is 19.3. The maximum atomic E-state index is 14.8. The summed E-state index contributed by atoms with van der Waals surface area (Å²) in [6.45, 7) is 5.93. The third kappa shape index (κ3) is 5.84. The van der Waals surface area contributed by atoms with Gasteiger partial charge in [0.1, 0.15) is 11.6 Å². The molecule has 0 aliphatic heterocycles. The fraction of sp³-hybridized carbons (Fsp3) is 0.500. The smallest absolute Gasteiger partial charge is 0.312 e. The maximum Gasteiger partial charge on any atom is 0.312 e. The van der Waals surface area contributed by atoms with E-state index in [-0.39, 0.29) is 54.4 Å². The Bertz CT molecular complexity index is 1330. The van der Waals surface area contributed by atoms with Crippen LogP contribution in [-0.4, -0.2) is 27.2 Å². The molecule has 1 atom stereocenters. The molecule has 1 N–H and O–H groups in total. The van der Waals surface area contributed by atoms with Gasteiger partial charge in [-0.05, 0) is 49.3 Å². The van der Waals surface area contributed by atoms with Crippen LogP contribution in [0.1, 0.15) is 92.9 Å². The number of Topliss-reactive ketones (excluding diaryl/α,β-unsaturated/α-hetero) is 1. The Hall–Kier alpha value is -3.43. The predicted octanol–water partition coefficient (Wildman–Crippen LogP) is 6.94. The number of halogens is 3. The molecule has 2 aromatic heterocycles. The standard InChI is InChI=1S/C28H31F3N2O5/c1-15-5-6-17(20(29)11-15)12-19(34)13-18(9-10-23(35)36)25-24(16-7-8-16)26(38-33-25)21-14-22(37-32-21)28(30,31)27(2,3)4/h5-6,11,14,16,18H,7-10,12-13H2,1-4H3,(H,35,36)/t18-/m0/s1. The second-order valence-corrected chi connectivity index (χ2v) is 11.1. The van der Waals surface area contributed by atoms with E-state index in [0.717, 1.165) is 24.5 Å². The molecule has 0 radical (unpaired) electrons. The molecular weight excluding hydrogens is 501 g/mol. The van der Waals surface area contributed by atoms with E-state index < -0.39 is 34.8 Å². The Balaban J connectivity index is 1.64. The number of alkyl halides is 2. The minimum absolute atomic E-state index is 0.0199. The number of aryl methyl sites for hydroxylation is 1. The van der Waals surface area contributed by atoms with Crippen LogP contribution in [-0.2, 0) is 21.9 Å². The average Bonchev–Trinajstić information content (AvgIpc) is 3.35. The first-order valence-corrected chi connectivity index (χ1v) is 12.6. The molecule has 4 rings (SSSR count). The van der Waals surface area contributed by atoms with Gasteiger partial charge in [0.05, 0.1) is 5.69 Å². The van der Waals surface area contributed by atoms with Crippen molar-refractivity contribution < 1.29 is 36.9 Å². The highest BCUT2D eigenvalue weighted by Crippen LogP contribution is 2.50. The Morgan fingerprint density at radius 2 is 1.84 bits per heavy atom. The molecule has 204 valence electrons. The number of aliphatic carboxylic acids is 1. The molecular formula is C28H31F3N2O5. The topological polar surface area (TPSA) is 106 Å². The lowest BCUT2D eigenvalue weighted by molar-refractivity contribution is -0.137. The molecule has 0 bridgehead atoms. The van der Waals surface area contributed by atoms with Gasteiger partial charge in [0, 0.05) is 42.2 Å². The SMILES string of the molecule is Cc1ccc(CC(=O)C[C@H](CCC(=O)O)c2noc(-c3cc(C(F)(F)C(C)(C)C)on3)c2C2CC2)c(F)c1. The van der Waals surface area contributed by atoms with Crippen molar-refractivity contribution in [1.82, 2.24) is 10.3 Å². The van der Waals surface area contributed by atoms with Gasteiger partial charge in [-0.3, -0.25) is 9.59 Å². The Morgan fingerprint density at radius 3 is 2.45 bits per heavy atom. The predicted molar refractivity (Wildman–Crippen MR) is 131 cm³/mol. The van der Waals surface area contributed by atoms with Gasteiger partial charge in [-0.25, -0.2) is 4.39 Å². The third-order valence-electron chi connectivity index (χ3n) is 6.90. The molecule has 0 unspecified atom stereocenters. The molecule has 3 aromatic rings. The summed E-state index contributed by atoms with van der Waals surface area (Å²) < 4.78 is 54.6. The van der Waals surface area contributed by atoms with Crippen molar-refractivity contribution in [3.8, 4) is 11.5 Å². The van der Waals surface area contributed by atoms with E-state index in [1.165, 1.54) is 26.8 Å². The zero-order chi connectivity index (χ0) is 27.8. The Kier molecular flexibility index (Phi) is 7.54. The lowest BCUT2D eigenvalue weighted by Gasteiger charge is -2.27. The van der Waals surface area contributed by atoms with Gasteiger partial charge < -0.3 is 14.2 Å². The van der Waals surface area contributed by atoms with E-state index in [1.54, 1.807) is 19.1 Å². The number of benzene rings is 1. The minimum atomic E-state index is -3.29. The number of carbonyl (C=O) groups excluding carboxylic acids is 1. The van der Waals surface area contributed by atoms with Crippen LogP contribution in [0.25, 0.3) is 11.5 Å².